The summed E-state index contributed by atoms with van der Waals surface area (Å²) in [5, 5.41) is 13.8. The van der Waals surface area contributed by atoms with Crippen LogP contribution in [0.1, 0.15) is 35.9 Å². The van der Waals surface area contributed by atoms with Gasteiger partial charge < -0.3 is 0 Å². The van der Waals surface area contributed by atoms with E-state index in [4.69, 9.17) is 0 Å². The highest BCUT2D eigenvalue weighted by Gasteiger charge is 2.46. The number of rotatable bonds is 2. The summed E-state index contributed by atoms with van der Waals surface area (Å²) in [7, 11) is 1.90. The molecule has 0 spiro atoms. The lowest BCUT2D eigenvalue weighted by Gasteiger charge is -2.36. The van der Waals surface area contributed by atoms with Gasteiger partial charge in [0.25, 0.3) is 0 Å². The third kappa shape index (κ3) is 2.50. The average Bonchev–Trinajstić information content (AvgIpc) is 3.19. The fourth-order valence-corrected chi connectivity index (χ4v) is 4.27. The lowest BCUT2D eigenvalue weighted by atomic mass is 9.67. The van der Waals surface area contributed by atoms with Crippen molar-refractivity contribution in [1.29, 1.82) is 5.26 Å². The molecule has 6 heteroatoms. The summed E-state index contributed by atoms with van der Waals surface area (Å²) in [6.45, 7) is 0. The highest BCUT2D eigenvalue weighted by molar-refractivity contribution is 5.27. The zero-order chi connectivity index (χ0) is 16.7. The predicted molar refractivity (Wildman–Crippen MR) is 87.0 cm³/mol. The second-order valence-corrected chi connectivity index (χ2v) is 6.82. The summed E-state index contributed by atoms with van der Waals surface area (Å²) >= 11 is 0. The first kappa shape index (κ1) is 15.3. The van der Waals surface area contributed by atoms with Gasteiger partial charge >= 0.3 is 0 Å². The molecule has 24 heavy (non-hydrogen) atoms. The maximum Gasteiger partial charge on any atom is 0.126 e. The molecule has 124 valence electrons. The second-order valence-electron chi connectivity index (χ2n) is 6.82. The molecule has 1 aliphatic heterocycles. The molecule has 2 fully saturated rings. The fourth-order valence-electron chi connectivity index (χ4n) is 4.27. The lowest BCUT2D eigenvalue weighted by Crippen LogP contribution is -2.38. The molecule has 1 saturated heterocycles. The van der Waals surface area contributed by atoms with Gasteiger partial charge in [-0.05, 0) is 30.4 Å². The highest BCUT2D eigenvalue weighted by Crippen LogP contribution is 2.47. The van der Waals surface area contributed by atoms with E-state index in [-0.39, 0.29) is 29.7 Å². The second kappa shape index (κ2) is 6.00. The first-order valence-corrected chi connectivity index (χ1v) is 8.31. The summed E-state index contributed by atoms with van der Waals surface area (Å²) in [4.78, 5) is 0. The smallest absolute Gasteiger partial charge is 0.126 e. The SMILES string of the molecule is Cn1cc(C2NNC3CC(C#N)C(c4ccccc4F)CC32)cn1. The van der Waals surface area contributed by atoms with Gasteiger partial charge in [-0.3, -0.25) is 10.1 Å². The van der Waals surface area contributed by atoms with E-state index in [1.807, 2.05) is 31.6 Å². The minimum Gasteiger partial charge on any atom is -0.275 e. The molecule has 1 saturated carbocycles. The molecule has 5 unspecified atom stereocenters. The molecule has 5 nitrogen and oxygen atoms in total. The molecule has 2 N–H and O–H groups in total. The summed E-state index contributed by atoms with van der Waals surface area (Å²) < 4.78 is 16.1. The van der Waals surface area contributed by atoms with Crippen molar-refractivity contribution in [3.63, 3.8) is 0 Å². The van der Waals surface area contributed by atoms with Gasteiger partial charge in [0, 0.05) is 30.8 Å². The van der Waals surface area contributed by atoms with Crippen LogP contribution in [0.2, 0.25) is 0 Å². The molecular formula is C18H20FN5. The average molecular weight is 325 g/mol. The Hall–Kier alpha value is -2.23. The number of nitrogens with zero attached hydrogens (tertiary/aromatic N) is 3. The molecule has 0 bridgehead atoms. The number of benzene rings is 1. The van der Waals surface area contributed by atoms with Crippen LogP contribution >= 0.6 is 0 Å². The molecular weight excluding hydrogens is 305 g/mol. The Balaban J connectivity index is 1.65. The summed E-state index contributed by atoms with van der Waals surface area (Å²) in [6.07, 6.45) is 5.39. The van der Waals surface area contributed by atoms with Gasteiger partial charge in [0.2, 0.25) is 0 Å². The maximum atomic E-state index is 14.3. The van der Waals surface area contributed by atoms with Crippen LogP contribution in [-0.4, -0.2) is 15.8 Å². The number of hydrogen-bond acceptors (Lipinski definition) is 4. The molecule has 4 rings (SSSR count). The molecule has 1 aromatic carbocycles. The maximum absolute atomic E-state index is 14.3. The van der Waals surface area contributed by atoms with Crippen molar-refractivity contribution >= 4 is 0 Å². The summed E-state index contributed by atoms with van der Waals surface area (Å²) in [5.74, 6) is -0.148. The first-order chi connectivity index (χ1) is 11.7. The Morgan fingerprint density at radius 1 is 1.29 bits per heavy atom. The molecule has 2 aliphatic rings. The monoisotopic (exact) mass is 325 g/mol. The van der Waals surface area contributed by atoms with Crippen molar-refractivity contribution in [3.05, 3.63) is 53.6 Å². The van der Waals surface area contributed by atoms with E-state index in [9.17, 15) is 9.65 Å². The molecule has 1 aliphatic carbocycles. The predicted octanol–water partition coefficient (Wildman–Crippen LogP) is 2.41. The van der Waals surface area contributed by atoms with Crippen molar-refractivity contribution in [1.82, 2.24) is 20.6 Å². The van der Waals surface area contributed by atoms with Crippen LogP contribution in [-0.2, 0) is 7.05 Å². The Kier molecular flexibility index (Phi) is 3.83. The van der Waals surface area contributed by atoms with Gasteiger partial charge in [0.05, 0.1) is 24.2 Å². The van der Waals surface area contributed by atoms with E-state index >= 15 is 0 Å². The minimum atomic E-state index is -0.210. The number of fused-ring (bicyclic) bond motifs is 1. The van der Waals surface area contributed by atoms with Gasteiger partial charge in [-0.2, -0.15) is 10.4 Å². The zero-order valence-corrected chi connectivity index (χ0v) is 13.5. The van der Waals surface area contributed by atoms with Crippen LogP contribution in [0.5, 0.6) is 0 Å². The van der Waals surface area contributed by atoms with Crippen LogP contribution in [0.4, 0.5) is 4.39 Å². The number of aryl methyl sites for hydroxylation is 1. The Bertz CT molecular complexity index is 780. The quantitative estimate of drug-likeness (QED) is 0.890. The van der Waals surface area contributed by atoms with Crippen LogP contribution in [0.15, 0.2) is 36.7 Å². The van der Waals surface area contributed by atoms with Crippen LogP contribution in [0.3, 0.4) is 0 Å². The third-order valence-electron chi connectivity index (χ3n) is 5.44. The van der Waals surface area contributed by atoms with E-state index in [1.165, 1.54) is 6.07 Å². The van der Waals surface area contributed by atoms with E-state index in [0.717, 1.165) is 18.4 Å². The third-order valence-corrected chi connectivity index (χ3v) is 5.44. The zero-order valence-electron chi connectivity index (χ0n) is 13.5. The molecule has 0 radical (unpaired) electrons. The molecule has 1 aromatic heterocycles. The van der Waals surface area contributed by atoms with Crippen LogP contribution < -0.4 is 10.9 Å². The molecule has 2 heterocycles. The van der Waals surface area contributed by atoms with Gasteiger partial charge in [-0.1, -0.05) is 18.2 Å². The molecule has 5 atom stereocenters. The van der Waals surface area contributed by atoms with Crippen molar-refractivity contribution in [3.8, 4) is 6.07 Å². The number of hydrogen-bond donors (Lipinski definition) is 2. The van der Waals surface area contributed by atoms with E-state index in [0.29, 0.717) is 11.5 Å². The minimum absolute atomic E-state index is 0.0710. The van der Waals surface area contributed by atoms with Crippen LogP contribution in [0.25, 0.3) is 0 Å². The van der Waals surface area contributed by atoms with Crippen molar-refractivity contribution in [2.75, 3.05) is 0 Å². The topological polar surface area (TPSA) is 65.7 Å². The Morgan fingerprint density at radius 2 is 2.12 bits per heavy atom. The number of aromatic nitrogens is 2. The van der Waals surface area contributed by atoms with Crippen molar-refractivity contribution in [2.45, 2.75) is 30.8 Å². The Morgan fingerprint density at radius 3 is 2.83 bits per heavy atom. The highest BCUT2D eigenvalue weighted by atomic mass is 19.1. The summed E-state index contributed by atoms with van der Waals surface area (Å²) in [5.41, 5.74) is 8.48. The number of hydrazine groups is 1. The van der Waals surface area contributed by atoms with E-state index < -0.39 is 0 Å². The normalized spacial score (nSPS) is 32.3. The fraction of sp³-hybridized carbons (Fsp3) is 0.444. The first-order valence-electron chi connectivity index (χ1n) is 8.31. The van der Waals surface area contributed by atoms with E-state index in [1.54, 1.807) is 10.7 Å². The number of nitriles is 1. The number of halogens is 1. The summed E-state index contributed by atoms with van der Waals surface area (Å²) in [6, 6.07) is 9.61. The molecule has 2 aromatic rings. The van der Waals surface area contributed by atoms with Crippen LogP contribution in [0, 0.1) is 29.0 Å². The number of nitrogens with one attached hydrogen (secondary N) is 2. The van der Waals surface area contributed by atoms with Crippen molar-refractivity contribution in [2.24, 2.45) is 18.9 Å². The lowest BCUT2D eigenvalue weighted by molar-refractivity contribution is 0.235. The van der Waals surface area contributed by atoms with Gasteiger partial charge in [-0.15, -0.1) is 0 Å². The largest absolute Gasteiger partial charge is 0.275 e. The molecule has 0 amide bonds. The van der Waals surface area contributed by atoms with E-state index in [2.05, 4.69) is 22.0 Å². The standard InChI is InChI=1S/C18H20FN5/c1-24-10-12(9-21-24)18-15-7-14(13-4-2-3-5-16(13)19)11(8-20)6-17(15)22-23-18/h2-5,9-11,14-15,17-18,22-23H,6-7H2,1H3. The Labute approximate surface area is 140 Å². The van der Waals surface area contributed by atoms with Gasteiger partial charge in [0.1, 0.15) is 5.82 Å². The van der Waals surface area contributed by atoms with Gasteiger partial charge in [-0.25, -0.2) is 9.82 Å². The van der Waals surface area contributed by atoms with Gasteiger partial charge in [0.15, 0.2) is 0 Å². The van der Waals surface area contributed by atoms with Crippen molar-refractivity contribution < 1.29 is 4.39 Å².